The van der Waals surface area contributed by atoms with Crippen LogP contribution in [0.4, 0.5) is 18.0 Å². The molecule has 0 atom stereocenters. The van der Waals surface area contributed by atoms with E-state index in [1.54, 1.807) is 100 Å². The summed E-state index contributed by atoms with van der Waals surface area (Å²) < 4.78 is 69.4. The number of nitrogens with zero attached hydrogens (tertiary/aromatic N) is 12. The molecular weight excluding hydrogens is 1650 g/mol. The standard InChI is InChI=1S/C34H39N5O6.C29H31N5O4.C27H27N5O4.C2HF3O.Na.H2O/c1-5-43-29(40)20-24-12-6-7-14-28(24)44-32(41)30-27-16-15-26(22-38-17-8-9-18-38)39(27)37-31(36-30)25-13-10-11-23(19-25)21-35-33(42)45-34(2,3)4;1-2-37-26(35)17-21-9-3-4-11-25(21)38-29(36)27-24-13-12-23(19-33-14-5-6-15-33)34(24)32-28(31-27)22-10-7-8-20(16-22)18-30;28-16-18-6-5-8-20(14-18)26-29-25(27(35)36-23-9-2-1-7-19(23)15-24(33)34)22-11-10-21(32(22)30-26)17-31-12-3-4-13-31;3-2(4,5)1-6;;/h6-7,10-16,19H,5,8-9,17-18,20-22H2,1-4H3,(H,35,42);3-4,7-13,16H,2,5-6,14-15,17-19,30H2,1H3;1-2,5-11,14H,3-4,12-13,15-17,28H2,(H,33,34);1H;;1H2/q;;;;+1;/p-1. The average Bonchev–Trinajstić information content (AvgIpc) is 1.68. The Kier molecular flexibility index (Phi) is 34.7. The molecule has 3 saturated heterocycles. The number of carboxylic acids is 1. The van der Waals surface area contributed by atoms with E-state index in [0.717, 1.165) is 104 Å². The zero-order chi connectivity index (χ0) is 88.7. The molecule has 35 heteroatoms. The second kappa shape index (κ2) is 45.6. The summed E-state index contributed by atoms with van der Waals surface area (Å²) in [6.45, 7) is 18.7. The number of ether oxygens (including phenoxy) is 6. The molecule has 0 spiro atoms. The quantitative estimate of drug-likeness (QED) is 0.0122. The Balaban J connectivity index is 0.000000192. The first-order valence-corrected chi connectivity index (χ1v) is 41.2. The van der Waals surface area contributed by atoms with Crippen molar-refractivity contribution in [2.45, 2.75) is 143 Å². The van der Waals surface area contributed by atoms with Gasteiger partial charge < -0.3 is 55.8 Å². The fourth-order valence-corrected chi connectivity index (χ4v) is 14.4. The van der Waals surface area contributed by atoms with E-state index >= 15 is 0 Å². The van der Waals surface area contributed by atoms with Crippen LogP contribution in [0.2, 0.25) is 0 Å². The Morgan fingerprint density at radius 2 is 0.772 bits per heavy atom. The van der Waals surface area contributed by atoms with E-state index in [2.05, 4.69) is 30.0 Å². The first kappa shape index (κ1) is 96.7. The van der Waals surface area contributed by atoms with Crippen molar-refractivity contribution in [3.05, 3.63) is 250 Å². The van der Waals surface area contributed by atoms with Gasteiger partial charge in [0.2, 0.25) is 6.29 Å². The van der Waals surface area contributed by atoms with E-state index in [4.69, 9.17) is 65.0 Å². The number of nitrogens with two attached hydrogens (primary N) is 2. The number of fused-ring (bicyclic) bond motifs is 3. The molecule has 127 heavy (non-hydrogen) atoms. The molecule has 3 fully saturated rings. The number of hydrogen-bond acceptors (Lipinski definition) is 26. The van der Waals surface area contributed by atoms with E-state index in [1.807, 2.05) is 130 Å². The number of esters is 5. The van der Waals surface area contributed by atoms with Gasteiger partial charge in [0, 0.05) is 72.6 Å². The van der Waals surface area contributed by atoms with Gasteiger partial charge in [-0.3, -0.25) is 33.9 Å². The molecule has 0 radical (unpaired) electrons. The fourth-order valence-electron chi connectivity index (χ4n) is 14.4. The molecule has 15 rings (SSSR count). The molecule has 660 valence electrons. The van der Waals surface area contributed by atoms with Crippen molar-refractivity contribution >= 4 is 64.7 Å². The number of likely N-dealkylation sites (tertiary alicyclic amines) is 3. The van der Waals surface area contributed by atoms with Crippen LogP contribution in [0.1, 0.15) is 155 Å². The van der Waals surface area contributed by atoms with Crippen LogP contribution in [0.3, 0.4) is 0 Å². The Labute approximate surface area is 752 Å². The molecular formula is C92H99F3N15NaO16. The Morgan fingerprint density at radius 1 is 0.457 bits per heavy atom. The summed E-state index contributed by atoms with van der Waals surface area (Å²) in [4.78, 5) is 118. The van der Waals surface area contributed by atoms with Crippen LogP contribution in [0, 0.1) is 0 Å². The van der Waals surface area contributed by atoms with Gasteiger partial charge in [0.05, 0.1) is 66.1 Å². The van der Waals surface area contributed by atoms with Crippen LogP contribution < -0.4 is 60.6 Å². The van der Waals surface area contributed by atoms with Crippen molar-refractivity contribution in [3.8, 4) is 51.4 Å². The van der Waals surface area contributed by atoms with Crippen molar-refractivity contribution in [2.24, 2.45) is 11.5 Å². The number of aromatic nitrogens is 9. The molecule has 1 amide bonds. The molecule has 0 saturated carbocycles. The van der Waals surface area contributed by atoms with Crippen LogP contribution in [-0.4, -0.2) is 182 Å². The van der Waals surface area contributed by atoms with Gasteiger partial charge in [0.25, 0.3) is 0 Å². The van der Waals surface area contributed by atoms with Crippen molar-refractivity contribution < 1.29 is 120 Å². The smallest absolute Gasteiger partial charge is 0.870 e. The molecule has 3 aliphatic rings. The number of nitrogens with one attached hydrogen (secondary N) is 1. The van der Waals surface area contributed by atoms with Gasteiger partial charge in [-0.15, -0.1) is 15.3 Å². The minimum atomic E-state index is -4.64. The Morgan fingerprint density at radius 3 is 1.08 bits per heavy atom. The van der Waals surface area contributed by atoms with E-state index in [0.29, 0.717) is 82.5 Å². The summed E-state index contributed by atoms with van der Waals surface area (Å²) >= 11 is 0. The van der Waals surface area contributed by atoms with E-state index in [9.17, 15) is 51.8 Å². The number of rotatable bonds is 27. The van der Waals surface area contributed by atoms with Crippen molar-refractivity contribution in [1.82, 2.24) is 63.8 Å². The van der Waals surface area contributed by atoms with Gasteiger partial charge in [0.15, 0.2) is 34.6 Å². The molecule has 3 aliphatic heterocycles. The van der Waals surface area contributed by atoms with Gasteiger partial charge in [0.1, 0.15) is 22.8 Å². The predicted molar refractivity (Wildman–Crippen MR) is 458 cm³/mol. The largest absolute Gasteiger partial charge is 1.00 e. The second-order valence-corrected chi connectivity index (χ2v) is 30.7. The molecule has 6 aromatic heterocycles. The summed E-state index contributed by atoms with van der Waals surface area (Å²) in [5, 5.41) is 26.5. The van der Waals surface area contributed by atoms with Crippen LogP contribution >= 0.6 is 0 Å². The number of para-hydroxylation sites is 3. The molecule has 0 aliphatic carbocycles. The number of alkyl halides is 3. The van der Waals surface area contributed by atoms with Crippen molar-refractivity contribution in [3.63, 3.8) is 0 Å². The van der Waals surface area contributed by atoms with Gasteiger partial charge >= 0.3 is 77.6 Å². The SMILES string of the molecule is CCOC(=O)Cc1ccccc1OC(=O)c1nc(-c2cccc(CN)c2)nn2c(CN3CCCC3)ccc12.CCOC(=O)Cc1ccccc1OC(=O)c1nc(-c2cccc(CNC(=O)OC(C)(C)C)c2)nn2c(CN3CCCC3)ccc12.NCc1cccc(-c2nc(C(=O)Oc3ccccc3CC(=O)O)c3ccc(CN4CCCC4)n3n2)c1.O=CC(F)(F)F.[Na+].[OH-]. The van der Waals surface area contributed by atoms with Crippen molar-refractivity contribution in [2.75, 3.05) is 52.5 Å². The third-order valence-electron chi connectivity index (χ3n) is 20.2. The van der Waals surface area contributed by atoms with Crippen LogP contribution in [0.25, 0.3) is 50.7 Å². The number of carbonyl (C=O) groups excluding carboxylic acids is 7. The van der Waals surface area contributed by atoms with E-state index in [1.165, 1.54) is 25.7 Å². The Hall–Kier alpha value is -12.5. The monoisotopic (exact) mass is 1750 g/mol. The first-order chi connectivity index (χ1) is 60.2. The van der Waals surface area contributed by atoms with Crippen LogP contribution in [0.15, 0.2) is 182 Å². The number of benzene rings is 6. The number of aliphatic carboxylic acids is 1. The molecule has 0 bridgehead atoms. The number of carboxylic acid groups (broad SMARTS) is 1. The van der Waals surface area contributed by atoms with Crippen LogP contribution in [-0.2, 0) is 91.9 Å². The third-order valence-corrected chi connectivity index (χ3v) is 20.2. The van der Waals surface area contributed by atoms with Crippen molar-refractivity contribution in [1.29, 1.82) is 0 Å². The topological polar surface area (TPSA) is 407 Å². The summed E-state index contributed by atoms with van der Waals surface area (Å²) in [7, 11) is 0. The number of halogens is 3. The number of alkyl carbamates (subject to hydrolysis) is 1. The normalized spacial score (nSPS) is 13.3. The van der Waals surface area contributed by atoms with Gasteiger partial charge in [-0.25, -0.2) is 47.7 Å². The first-order valence-electron chi connectivity index (χ1n) is 41.2. The zero-order valence-electron chi connectivity index (χ0n) is 71.4. The zero-order valence-corrected chi connectivity index (χ0v) is 73.4. The number of carbonyl (C=O) groups is 8. The molecule has 9 heterocycles. The average molecular weight is 1750 g/mol. The third kappa shape index (κ3) is 26.8. The van der Waals surface area contributed by atoms with Gasteiger partial charge in [-0.05, 0) is 202 Å². The summed E-state index contributed by atoms with van der Waals surface area (Å²) in [5.41, 5.74) is 22.2. The minimum absolute atomic E-state index is 0. The predicted octanol–water partition coefficient (Wildman–Crippen LogP) is 9.99. The summed E-state index contributed by atoms with van der Waals surface area (Å²) in [5.74, 6) is -1.95. The van der Waals surface area contributed by atoms with Gasteiger partial charge in [-0.2, -0.15) is 13.2 Å². The van der Waals surface area contributed by atoms with E-state index in [-0.39, 0.29) is 114 Å². The number of aldehydes is 1. The number of amides is 1. The maximum atomic E-state index is 13.8. The molecule has 6 aromatic carbocycles. The number of hydrogen-bond donors (Lipinski definition) is 4. The molecule has 0 unspecified atom stereocenters. The Bertz CT molecular complexity index is 5860. The van der Waals surface area contributed by atoms with Crippen LogP contribution in [0.5, 0.6) is 17.2 Å². The van der Waals surface area contributed by atoms with E-state index < -0.39 is 54.0 Å². The fraction of sp³-hybridized carbons (Fsp3) is 0.326. The minimum Gasteiger partial charge on any atom is -0.870 e. The summed E-state index contributed by atoms with van der Waals surface area (Å²) in [6, 6.07) is 54.5. The molecule has 12 aromatic rings. The molecule has 31 nitrogen and oxygen atoms in total. The van der Waals surface area contributed by atoms with Gasteiger partial charge in [-0.1, -0.05) is 109 Å². The maximum Gasteiger partial charge on any atom is 1.00 e. The maximum absolute atomic E-state index is 13.8. The molecule has 7 N–H and O–H groups in total. The second-order valence-electron chi connectivity index (χ2n) is 30.7. The summed E-state index contributed by atoms with van der Waals surface area (Å²) in [6.07, 6.45) is 0.486.